The van der Waals surface area contributed by atoms with E-state index in [0.29, 0.717) is 6.42 Å². The highest BCUT2D eigenvalue weighted by Gasteiger charge is 2.34. The SMILES string of the molecule is CCCC[C@@H](NC(=O)C1c2ccccc2-c2ccccc21)C(N)=O. The summed E-state index contributed by atoms with van der Waals surface area (Å²) in [5.74, 6) is -1.02. The van der Waals surface area contributed by atoms with Crippen molar-refractivity contribution in [2.75, 3.05) is 0 Å². The molecule has 124 valence electrons. The highest BCUT2D eigenvalue weighted by Crippen LogP contribution is 2.44. The molecule has 24 heavy (non-hydrogen) atoms. The first-order chi connectivity index (χ1) is 11.6. The highest BCUT2D eigenvalue weighted by molar-refractivity contribution is 5.98. The van der Waals surface area contributed by atoms with E-state index in [9.17, 15) is 9.59 Å². The van der Waals surface area contributed by atoms with Crippen LogP contribution in [0.4, 0.5) is 0 Å². The second-order valence-corrected chi connectivity index (χ2v) is 6.21. The Labute approximate surface area is 142 Å². The molecule has 0 saturated heterocycles. The molecule has 0 aromatic heterocycles. The van der Waals surface area contributed by atoms with Gasteiger partial charge in [-0.25, -0.2) is 0 Å². The number of fused-ring (bicyclic) bond motifs is 3. The molecule has 1 aliphatic rings. The molecule has 0 aliphatic heterocycles. The second kappa shape index (κ2) is 6.87. The zero-order valence-corrected chi connectivity index (χ0v) is 13.8. The fourth-order valence-electron chi connectivity index (χ4n) is 3.39. The lowest BCUT2D eigenvalue weighted by atomic mass is 9.95. The van der Waals surface area contributed by atoms with Gasteiger partial charge in [0.1, 0.15) is 6.04 Å². The van der Waals surface area contributed by atoms with Crippen molar-refractivity contribution in [3.05, 3.63) is 59.7 Å². The minimum absolute atomic E-state index is 0.160. The summed E-state index contributed by atoms with van der Waals surface area (Å²) in [7, 11) is 0. The van der Waals surface area contributed by atoms with Crippen LogP contribution in [-0.2, 0) is 9.59 Å². The van der Waals surface area contributed by atoms with E-state index >= 15 is 0 Å². The molecule has 1 atom stereocenters. The van der Waals surface area contributed by atoms with Gasteiger partial charge in [0.05, 0.1) is 5.92 Å². The first kappa shape index (κ1) is 16.2. The highest BCUT2D eigenvalue weighted by atomic mass is 16.2. The third-order valence-corrected chi connectivity index (χ3v) is 4.60. The quantitative estimate of drug-likeness (QED) is 0.858. The van der Waals surface area contributed by atoms with Crippen molar-refractivity contribution in [1.82, 2.24) is 5.32 Å². The molecule has 3 rings (SSSR count). The lowest BCUT2D eigenvalue weighted by Gasteiger charge is -2.19. The molecule has 0 bridgehead atoms. The average Bonchev–Trinajstić information content (AvgIpc) is 2.93. The number of nitrogens with two attached hydrogens (primary N) is 1. The standard InChI is InChI=1S/C20H22N2O2/c1-2-3-12-17(19(21)23)22-20(24)18-15-10-6-4-8-13(15)14-9-5-7-11-16(14)18/h4-11,17-18H,2-3,12H2,1H3,(H2,21,23)(H,22,24)/t17-/m1/s1. The van der Waals surface area contributed by atoms with Gasteiger partial charge >= 0.3 is 0 Å². The second-order valence-electron chi connectivity index (χ2n) is 6.21. The molecular formula is C20H22N2O2. The monoisotopic (exact) mass is 322 g/mol. The molecule has 0 saturated carbocycles. The van der Waals surface area contributed by atoms with E-state index in [-0.39, 0.29) is 11.8 Å². The predicted octanol–water partition coefficient (Wildman–Crippen LogP) is 2.96. The summed E-state index contributed by atoms with van der Waals surface area (Å²) >= 11 is 0. The van der Waals surface area contributed by atoms with E-state index < -0.39 is 11.9 Å². The summed E-state index contributed by atoms with van der Waals surface area (Å²) in [6, 6.07) is 15.2. The van der Waals surface area contributed by atoms with Gasteiger partial charge in [0.2, 0.25) is 11.8 Å². The van der Waals surface area contributed by atoms with Crippen molar-refractivity contribution in [3.8, 4) is 11.1 Å². The van der Waals surface area contributed by atoms with Gasteiger partial charge in [-0.05, 0) is 28.7 Å². The van der Waals surface area contributed by atoms with Crippen LogP contribution in [0, 0.1) is 0 Å². The van der Waals surface area contributed by atoms with E-state index in [2.05, 4.69) is 5.32 Å². The Kier molecular flexibility index (Phi) is 4.65. The van der Waals surface area contributed by atoms with E-state index in [1.54, 1.807) is 0 Å². The maximum atomic E-state index is 12.9. The smallest absolute Gasteiger partial charge is 0.240 e. The number of nitrogens with one attached hydrogen (secondary N) is 1. The molecule has 4 nitrogen and oxygen atoms in total. The lowest BCUT2D eigenvalue weighted by Crippen LogP contribution is -2.46. The molecule has 2 aromatic rings. The normalized spacial score (nSPS) is 13.9. The lowest BCUT2D eigenvalue weighted by molar-refractivity contribution is -0.127. The largest absolute Gasteiger partial charge is 0.368 e. The Balaban J connectivity index is 1.91. The van der Waals surface area contributed by atoms with Gasteiger partial charge in [0.15, 0.2) is 0 Å². The summed E-state index contributed by atoms with van der Waals surface area (Å²) in [6.45, 7) is 2.04. The van der Waals surface area contributed by atoms with Crippen LogP contribution in [0.1, 0.15) is 43.2 Å². The topological polar surface area (TPSA) is 72.2 Å². The van der Waals surface area contributed by atoms with Crippen molar-refractivity contribution in [3.63, 3.8) is 0 Å². The van der Waals surface area contributed by atoms with E-state index in [1.165, 1.54) is 0 Å². The van der Waals surface area contributed by atoms with Gasteiger partial charge in [-0.2, -0.15) is 0 Å². The zero-order chi connectivity index (χ0) is 17.1. The minimum atomic E-state index is -0.614. The summed E-state index contributed by atoms with van der Waals surface area (Å²) in [5.41, 5.74) is 9.58. The summed E-state index contributed by atoms with van der Waals surface area (Å²) in [6.07, 6.45) is 2.38. The molecule has 0 spiro atoms. The fraction of sp³-hybridized carbons (Fsp3) is 0.300. The van der Waals surface area contributed by atoms with Crippen LogP contribution in [0.2, 0.25) is 0 Å². The molecule has 0 unspecified atom stereocenters. The van der Waals surface area contributed by atoms with E-state index in [0.717, 1.165) is 35.1 Å². The maximum absolute atomic E-state index is 12.9. The van der Waals surface area contributed by atoms with Crippen LogP contribution in [-0.4, -0.2) is 17.9 Å². The number of hydrogen-bond acceptors (Lipinski definition) is 2. The molecule has 0 heterocycles. The van der Waals surface area contributed by atoms with E-state index in [4.69, 9.17) is 5.73 Å². The van der Waals surface area contributed by atoms with Crippen LogP contribution in [0.3, 0.4) is 0 Å². The van der Waals surface area contributed by atoms with Crippen molar-refractivity contribution in [1.29, 1.82) is 0 Å². The van der Waals surface area contributed by atoms with Crippen molar-refractivity contribution in [2.24, 2.45) is 5.73 Å². The number of benzene rings is 2. The third-order valence-electron chi connectivity index (χ3n) is 4.60. The minimum Gasteiger partial charge on any atom is -0.368 e. The Bertz CT molecular complexity index is 724. The number of rotatable bonds is 6. The van der Waals surface area contributed by atoms with E-state index in [1.807, 2.05) is 55.5 Å². The molecule has 0 radical (unpaired) electrons. The fourth-order valence-corrected chi connectivity index (χ4v) is 3.39. The zero-order valence-electron chi connectivity index (χ0n) is 13.8. The Hall–Kier alpha value is -2.62. The molecule has 2 amide bonds. The number of hydrogen-bond donors (Lipinski definition) is 2. The predicted molar refractivity (Wildman–Crippen MR) is 94.4 cm³/mol. The molecular weight excluding hydrogens is 300 g/mol. The molecule has 3 N–H and O–H groups in total. The van der Waals surface area contributed by atoms with Crippen LogP contribution >= 0.6 is 0 Å². The number of amides is 2. The Morgan fingerprint density at radius 2 is 1.58 bits per heavy atom. The van der Waals surface area contributed by atoms with Crippen LogP contribution in [0.15, 0.2) is 48.5 Å². The van der Waals surface area contributed by atoms with Gasteiger partial charge in [-0.1, -0.05) is 68.3 Å². The number of primary amides is 1. The van der Waals surface area contributed by atoms with Crippen LogP contribution in [0.25, 0.3) is 11.1 Å². The van der Waals surface area contributed by atoms with Gasteiger partial charge < -0.3 is 11.1 Å². The summed E-state index contributed by atoms with van der Waals surface area (Å²) in [4.78, 5) is 24.6. The number of unbranched alkanes of at least 4 members (excludes halogenated alkanes) is 1. The van der Waals surface area contributed by atoms with Gasteiger partial charge in [0, 0.05) is 0 Å². The first-order valence-electron chi connectivity index (χ1n) is 8.41. The summed E-state index contributed by atoms with van der Waals surface area (Å²) in [5, 5.41) is 2.86. The van der Waals surface area contributed by atoms with Crippen LogP contribution < -0.4 is 11.1 Å². The van der Waals surface area contributed by atoms with Gasteiger partial charge in [-0.3, -0.25) is 9.59 Å². The van der Waals surface area contributed by atoms with Crippen molar-refractivity contribution < 1.29 is 9.59 Å². The summed E-state index contributed by atoms with van der Waals surface area (Å²) < 4.78 is 0. The molecule has 4 heteroatoms. The van der Waals surface area contributed by atoms with Gasteiger partial charge in [-0.15, -0.1) is 0 Å². The third kappa shape index (κ3) is 2.92. The van der Waals surface area contributed by atoms with Crippen molar-refractivity contribution in [2.45, 2.75) is 38.1 Å². The Morgan fingerprint density at radius 3 is 2.08 bits per heavy atom. The molecule has 0 fully saturated rings. The average molecular weight is 322 g/mol. The molecule has 2 aromatic carbocycles. The maximum Gasteiger partial charge on any atom is 0.240 e. The van der Waals surface area contributed by atoms with Crippen LogP contribution in [0.5, 0.6) is 0 Å². The Morgan fingerprint density at radius 1 is 1.04 bits per heavy atom. The van der Waals surface area contributed by atoms with Gasteiger partial charge in [0.25, 0.3) is 0 Å². The molecule has 1 aliphatic carbocycles. The number of carbonyl (C=O) groups is 2. The number of carbonyl (C=O) groups excluding carboxylic acids is 2. The van der Waals surface area contributed by atoms with Crippen molar-refractivity contribution >= 4 is 11.8 Å². The first-order valence-corrected chi connectivity index (χ1v) is 8.41.